The molecule has 3 nitrogen and oxygen atoms in total. The van der Waals surface area contributed by atoms with Gasteiger partial charge in [-0.15, -0.1) is 0 Å². The largest absolute Gasteiger partial charge is 0.325 e. The zero-order valence-electron chi connectivity index (χ0n) is 14.2. The van der Waals surface area contributed by atoms with E-state index >= 15 is 0 Å². The molecule has 2 aromatic rings. The van der Waals surface area contributed by atoms with Gasteiger partial charge in [0.15, 0.2) is 0 Å². The Kier molecular flexibility index (Phi) is 6.02. The molecule has 1 saturated carbocycles. The van der Waals surface area contributed by atoms with Crippen molar-refractivity contribution in [3.05, 3.63) is 66.2 Å². The van der Waals surface area contributed by atoms with Gasteiger partial charge in [0, 0.05) is 18.3 Å². The van der Waals surface area contributed by atoms with E-state index in [0.29, 0.717) is 12.6 Å². The van der Waals surface area contributed by atoms with Crippen LogP contribution in [-0.2, 0) is 11.2 Å². The first-order valence-electron chi connectivity index (χ1n) is 8.94. The highest BCUT2D eigenvalue weighted by Gasteiger charge is 2.24. The Hall–Kier alpha value is -2.13. The molecule has 0 radical (unpaired) electrons. The second-order valence-electron chi connectivity index (χ2n) is 6.56. The number of anilines is 1. The number of amides is 1. The third kappa shape index (κ3) is 4.93. The molecule has 0 bridgehead atoms. The van der Waals surface area contributed by atoms with Gasteiger partial charge in [0.1, 0.15) is 0 Å². The van der Waals surface area contributed by atoms with Crippen LogP contribution in [-0.4, -0.2) is 29.9 Å². The van der Waals surface area contributed by atoms with Gasteiger partial charge in [-0.25, -0.2) is 0 Å². The molecule has 24 heavy (non-hydrogen) atoms. The van der Waals surface area contributed by atoms with E-state index in [0.717, 1.165) is 18.7 Å². The lowest BCUT2D eigenvalue weighted by Crippen LogP contribution is -2.40. The van der Waals surface area contributed by atoms with Gasteiger partial charge in [-0.3, -0.25) is 9.69 Å². The van der Waals surface area contributed by atoms with Gasteiger partial charge in [0.2, 0.25) is 5.91 Å². The van der Waals surface area contributed by atoms with Gasteiger partial charge in [0.05, 0.1) is 6.54 Å². The van der Waals surface area contributed by atoms with Gasteiger partial charge >= 0.3 is 0 Å². The third-order valence-electron chi connectivity index (χ3n) is 4.78. The van der Waals surface area contributed by atoms with E-state index in [1.807, 2.05) is 36.4 Å². The fourth-order valence-electron chi connectivity index (χ4n) is 3.48. The van der Waals surface area contributed by atoms with Crippen molar-refractivity contribution in [3.63, 3.8) is 0 Å². The summed E-state index contributed by atoms with van der Waals surface area (Å²) >= 11 is 0. The number of para-hydroxylation sites is 1. The van der Waals surface area contributed by atoms with Crippen LogP contribution in [0, 0.1) is 0 Å². The molecule has 1 amide bonds. The van der Waals surface area contributed by atoms with Crippen molar-refractivity contribution in [2.75, 3.05) is 18.4 Å². The molecule has 0 aliphatic heterocycles. The average molecular weight is 322 g/mol. The standard InChI is InChI=1S/C21H26N2O/c24-21(22-19-11-5-2-6-12-19)17-23(20-13-7-8-14-20)16-15-18-9-3-1-4-10-18/h1-6,9-12,20H,7-8,13-17H2,(H,22,24). The first-order valence-corrected chi connectivity index (χ1v) is 8.94. The van der Waals surface area contributed by atoms with Crippen LogP contribution in [0.4, 0.5) is 5.69 Å². The molecule has 3 rings (SSSR count). The zero-order valence-corrected chi connectivity index (χ0v) is 14.2. The van der Waals surface area contributed by atoms with Crippen LogP contribution in [0.3, 0.4) is 0 Å². The van der Waals surface area contributed by atoms with Crippen LogP contribution in [0.2, 0.25) is 0 Å². The Morgan fingerprint density at radius 3 is 2.25 bits per heavy atom. The van der Waals surface area contributed by atoms with E-state index in [4.69, 9.17) is 0 Å². The Morgan fingerprint density at radius 2 is 1.58 bits per heavy atom. The quantitative estimate of drug-likeness (QED) is 0.832. The van der Waals surface area contributed by atoms with Crippen molar-refractivity contribution < 1.29 is 4.79 Å². The summed E-state index contributed by atoms with van der Waals surface area (Å²) < 4.78 is 0. The highest BCUT2D eigenvalue weighted by atomic mass is 16.2. The maximum Gasteiger partial charge on any atom is 0.238 e. The molecule has 1 N–H and O–H groups in total. The molecule has 0 aromatic heterocycles. The number of hydrogen-bond acceptors (Lipinski definition) is 2. The van der Waals surface area contributed by atoms with Crippen molar-refractivity contribution in [2.45, 2.75) is 38.1 Å². The number of hydrogen-bond donors (Lipinski definition) is 1. The summed E-state index contributed by atoms with van der Waals surface area (Å²) in [4.78, 5) is 14.8. The number of rotatable bonds is 7. The second kappa shape index (κ2) is 8.65. The lowest BCUT2D eigenvalue weighted by Gasteiger charge is -2.28. The summed E-state index contributed by atoms with van der Waals surface area (Å²) in [7, 11) is 0. The summed E-state index contributed by atoms with van der Waals surface area (Å²) in [5, 5.41) is 3.01. The lowest BCUT2D eigenvalue weighted by molar-refractivity contribution is -0.117. The van der Waals surface area contributed by atoms with Gasteiger partial charge < -0.3 is 5.32 Å². The van der Waals surface area contributed by atoms with Crippen molar-refractivity contribution in [3.8, 4) is 0 Å². The van der Waals surface area contributed by atoms with Crippen LogP contribution < -0.4 is 5.32 Å². The number of benzene rings is 2. The van der Waals surface area contributed by atoms with E-state index < -0.39 is 0 Å². The Bertz CT molecular complexity index is 621. The maximum atomic E-state index is 12.4. The summed E-state index contributed by atoms with van der Waals surface area (Å²) in [6, 6.07) is 20.8. The molecule has 3 heteroatoms. The predicted molar refractivity (Wildman–Crippen MR) is 99.0 cm³/mol. The number of carbonyl (C=O) groups is 1. The smallest absolute Gasteiger partial charge is 0.238 e. The highest BCUT2D eigenvalue weighted by molar-refractivity contribution is 5.92. The summed E-state index contributed by atoms with van der Waals surface area (Å²) in [6.45, 7) is 1.42. The number of carbonyl (C=O) groups excluding carboxylic acids is 1. The summed E-state index contributed by atoms with van der Waals surface area (Å²) in [5.74, 6) is 0.0844. The lowest BCUT2D eigenvalue weighted by atomic mass is 10.1. The van der Waals surface area contributed by atoms with Crippen LogP contribution in [0.25, 0.3) is 0 Å². The monoisotopic (exact) mass is 322 g/mol. The molecule has 0 heterocycles. The highest BCUT2D eigenvalue weighted by Crippen LogP contribution is 2.23. The predicted octanol–water partition coefficient (Wildman–Crippen LogP) is 4.11. The van der Waals surface area contributed by atoms with E-state index in [1.165, 1.54) is 31.2 Å². The SMILES string of the molecule is O=C(CN(CCc1ccccc1)C1CCCC1)Nc1ccccc1. The zero-order chi connectivity index (χ0) is 16.6. The maximum absolute atomic E-state index is 12.4. The summed E-state index contributed by atoms with van der Waals surface area (Å²) in [6.07, 6.45) is 6.00. The molecular weight excluding hydrogens is 296 g/mol. The molecule has 1 fully saturated rings. The number of nitrogens with one attached hydrogen (secondary N) is 1. The molecular formula is C21H26N2O. The average Bonchev–Trinajstić information content (AvgIpc) is 3.15. The molecule has 1 aliphatic carbocycles. The van der Waals surface area contributed by atoms with Crippen molar-refractivity contribution in [2.24, 2.45) is 0 Å². The van der Waals surface area contributed by atoms with Crippen LogP contribution in [0.5, 0.6) is 0 Å². The van der Waals surface area contributed by atoms with Gasteiger partial charge in [0.25, 0.3) is 0 Å². The normalized spacial score (nSPS) is 14.9. The van der Waals surface area contributed by atoms with Crippen LogP contribution >= 0.6 is 0 Å². The minimum atomic E-state index is 0.0844. The number of nitrogens with zero attached hydrogens (tertiary/aromatic N) is 1. The fourth-order valence-corrected chi connectivity index (χ4v) is 3.48. The third-order valence-corrected chi connectivity index (χ3v) is 4.78. The van der Waals surface area contributed by atoms with Gasteiger partial charge in [-0.1, -0.05) is 61.4 Å². The van der Waals surface area contributed by atoms with Gasteiger partial charge in [-0.05, 0) is 37.0 Å². The van der Waals surface area contributed by atoms with Crippen LogP contribution in [0.15, 0.2) is 60.7 Å². The Balaban J connectivity index is 1.58. The van der Waals surface area contributed by atoms with E-state index in [2.05, 4.69) is 34.5 Å². The van der Waals surface area contributed by atoms with Crippen LogP contribution in [0.1, 0.15) is 31.2 Å². The molecule has 0 saturated heterocycles. The van der Waals surface area contributed by atoms with E-state index in [1.54, 1.807) is 0 Å². The minimum absolute atomic E-state index is 0.0844. The van der Waals surface area contributed by atoms with Crippen molar-refractivity contribution in [1.82, 2.24) is 4.90 Å². The molecule has 0 spiro atoms. The molecule has 0 unspecified atom stereocenters. The molecule has 126 valence electrons. The first kappa shape index (κ1) is 16.7. The minimum Gasteiger partial charge on any atom is -0.325 e. The fraction of sp³-hybridized carbons (Fsp3) is 0.381. The first-order chi connectivity index (χ1) is 11.8. The van der Waals surface area contributed by atoms with E-state index in [-0.39, 0.29) is 5.91 Å². The second-order valence-corrected chi connectivity index (χ2v) is 6.56. The Morgan fingerprint density at radius 1 is 0.958 bits per heavy atom. The molecule has 2 aromatic carbocycles. The summed E-state index contributed by atoms with van der Waals surface area (Å²) in [5.41, 5.74) is 2.21. The van der Waals surface area contributed by atoms with Crippen molar-refractivity contribution >= 4 is 11.6 Å². The Labute approximate surface area is 144 Å². The van der Waals surface area contributed by atoms with E-state index in [9.17, 15) is 4.79 Å². The van der Waals surface area contributed by atoms with Crippen molar-refractivity contribution in [1.29, 1.82) is 0 Å². The topological polar surface area (TPSA) is 32.3 Å². The molecule has 1 aliphatic rings. The molecule has 0 atom stereocenters. The van der Waals surface area contributed by atoms with Gasteiger partial charge in [-0.2, -0.15) is 0 Å².